The minimum absolute atomic E-state index is 0.120. The van der Waals surface area contributed by atoms with Crippen molar-refractivity contribution in [1.29, 1.82) is 0 Å². The number of nitrogens with one attached hydrogen (secondary N) is 1. The fourth-order valence-electron chi connectivity index (χ4n) is 2.24. The van der Waals surface area contributed by atoms with E-state index in [1.165, 1.54) is 0 Å². The third-order valence-corrected chi connectivity index (χ3v) is 5.32. The minimum Gasteiger partial charge on any atom is -0.376 e. The summed E-state index contributed by atoms with van der Waals surface area (Å²) in [7, 11) is 0. The van der Waals surface area contributed by atoms with E-state index in [0.717, 1.165) is 12.1 Å². The van der Waals surface area contributed by atoms with Crippen molar-refractivity contribution in [3.63, 3.8) is 0 Å². The molecule has 0 fully saturated rings. The lowest BCUT2D eigenvalue weighted by atomic mass is 9.76. The summed E-state index contributed by atoms with van der Waals surface area (Å²) in [5.41, 5.74) is 3.98. The van der Waals surface area contributed by atoms with Gasteiger partial charge in [-0.1, -0.05) is 27.7 Å². The maximum Gasteiger partial charge on any atom is 0.111 e. The molecule has 1 N–H and O–H groups in total. The highest BCUT2D eigenvalue weighted by Crippen LogP contribution is 2.30. The highest BCUT2D eigenvalue weighted by atomic mass is 16.5. The Labute approximate surface area is 160 Å². The summed E-state index contributed by atoms with van der Waals surface area (Å²) in [6, 6.07) is 0.268. The number of hydrogen-bond donors (Lipinski definition) is 1. The predicted molar refractivity (Wildman–Crippen MR) is 107 cm³/mol. The molecular formula is C20H40N4O2. The molecule has 0 aliphatic carbocycles. The Morgan fingerprint density at radius 3 is 2.19 bits per heavy atom. The smallest absolute Gasteiger partial charge is 0.111 e. The number of nitrogens with zero attached hydrogens (tertiary/aromatic N) is 3. The fourth-order valence-corrected chi connectivity index (χ4v) is 2.24. The first kappa shape index (κ1) is 22.9. The van der Waals surface area contributed by atoms with Crippen LogP contribution in [0.2, 0.25) is 0 Å². The highest BCUT2D eigenvalue weighted by molar-refractivity contribution is 4.96. The molecule has 0 bridgehead atoms. The fraction of sp³-hybridized carbons (Fsp3) is 0.900. The molecule has 1 aromatic heterocycles. The van der Waals surface area contributed by atoms with E-state index in [0.29, 0.717) is 19.1 Å². The maximum absolute atomic E-state index is 6.03. The number of ether oxygens (including phenoxy) is 2. The molecule has 1 rings (SSSR count). The van der Waals surface area contributed by atoms with Crippen LogP contribution in [0.3, 0.4) is 0 Å². The average molecular weight is 369 g/mol. The van der Waals surface area contributed by atoms with Gasteiger partial charge in [0.05, 0.1) is 24.0 Å². The van der Waals surface area contributed by atoms with Crippen LogP contribution in [0.15, 0.2) is 6.20 Å². The molecule has 0 aromatic carbocycles. The van der Waals surface area contributed by atoms with Crippen molar-refractivity contribution in [3.05, 3.63) is 11.9 Å². The van der Waals surface area contributed by atoms with Gasteiger partial charge in [0.1, 0.15) is 5.69 Å². The quantitative estimate of drug-likeness (QED) is 0.663. The van der Waals surface area contributed by atoms with Gasteiger partial charge >= 0.3 is 0 Å². The second-order valence-corrected chi connectivity index (χ2v) is 9.74. The molecule has 6 nitrogen and oxygen atoms in total. The van der Waals surface area contributed by atoms with Crippen molar-refractivity contribution in [3.8, 4) is 0 Å². The second kappa shape index (κ2) is 8.70. The van der Waals surface area contributed by atoms with E-state index in [1.54, 1.807) is 4.79 Å². The van der Waals surface area contributed by atoms with E-state index in [4.69, 9.17) is 9.47 Å². The van der Waals surface area contributed by atoms with Crippen molar-refractivity contribution in [2.45, 2.75) is 99.5 Å². The lowest BCUT2D eigenvalue weighted by Gasteiger charge is -2.36. The monoisotopic (exact) mass is 368 g/mol. The van der Waals surface area contributed by atoms with Crippen molar-refractivity contribution < 1.29 is 9.47 Å². The first-order chi connectivity index (χ1) is 11.7. The van der Waals surface area contributed by atoms with Gasteiger partial charge in [0.25, 0.3) is 0 Å². The zero-order valence-corrected chi connectivity index (χ0v) is 18.5. The van der Waals surface area contributed by atoms with Gasteiger partial charge in [0.2, 0.25) is 0 Å². The molecule has 0 aliphatic rings. The molecule has 1 heterocycles. The van der Waals surface area contributed by atoms with E-state index in [1.807, 2.05) is 6.20 Å². The number of rotatable bonds is 10. The highest BCUT2D eigenvalue weighted by Gasteiger charge is 2.30. The van der Waals surface area contributed by atoms with Crippen LogP contribution in [-0.4, -0.2) is 39.0 Å². The molecule has 0 radical (unpaired) electrons. The lowest BCUT2D eigenvalue weighted by molar-refractivity contribution is -0.0737. The van der Waals surface area contributed by atoms with Crippen LogP contribution >= 0.6 is 0 Å². The van der Waals surface area contributed by atoms with E-state index in [9.17, 15) is 0 Å². The topological polar surface area (TPSA) is 61.2 Å². The molecule has 26 heavy (non-hydrogen) atoms. The van der Waals surface area contributed by atoms with Gasteiger partial charge in [-0.3, -0.25) is 0 Å². The molecule has 1 unspecified atom stereocenters. The number of hydrogen-bond acceptors (Lipinski definition) is 5. The Hall–Kier alpha value is -1.14. The van der Waals surface area contributed by atoms with Crippen LogP contribution in [0.25, 0.3) is 0 Å². The first-order valence-electron chi connectivity index (χ1n) is 9.68. The molecule has 0 spiro atoms. The van der Waals surface area contributed by atoms with Gasteiger partial charge in [0.15, 0.2) is 0 Å². The van der Waals surface area contributed by atoms with E-state index < -0.39 is 0 Å². The van der Waals surface area contributed by atoms with E-state index in [2.05, 4.69) is 85.0 Å². The number of aromatic nitrogens is 3. The molecule has 0 amide bonds. The van der Waals surface area contributed by atoms with Crippen molar-refractivity contribution in [1.82, 2.24) is 15.1 Å². The third kappa shape index (κ3) is 7.62. The van der Waals surface area contributed by atoms with Crippen LogP contribution in [0.1, 0.15) is 81.4 Å². The van der Waals surface area contributed by atoms with Crippen molar-refractivity contribution in [2.75, 3.05) is 12.0 Å². The predicted octanol–water partition coefficient (Wildman–Crippen LogP) is 4.39. The van der Waals surface area contributed by atoms with E-state index >= 15 is 0 Å². The van der Waals surface area contributed by atoms with Crippen LogP contribution in [0.5, 0.6) is 0 Å². The molecule has 152 valence electrons. The van der Waals surface area contributed by atoms with Crippen molar-refractivity contribution in [2.24, 2.45) is 11.3 Å². The summed E-state index contributed by atoms with van der Waals surface area (Å²) in [6.45, 7) is 22.6. The maximum atomic E-state index is 6.03. The van der Waals surface area contributed by atoms with Gasteiger partial charge in [-0.25, -0.2) is 0 Å². The average Bonchev–Trinajstić information content (AvgIpc) is 2.91. The second-order valence-electron chi connectivity index (χ2n) is 9.74. The van der Waals surface area contributed by atoms with Crippen LogP contribution in [0, 0.1) is 11.3 Å². The zero-order valence-electron chi connectivity index (χ0n) is 18.5. The summed E-state index contributed by atoms with van der Waals surface area (Å²) in [5.74, 6) is 0.562. The lowest BCUT2D eigenvalue weighted by Crippen LogP contribution is -2.41. The van der Waals surface area contributed by atoms with Gasteiger partial charge < -0.3 is 14.9 Å². The molecule has 0 saturated heterocycles. The minimum atomic E-state index is -0.268. The van der Waals surface area contributed by atoms with Crippen LogP contribution < -0.4 is 5.43 Å². The summed E-state index contributed by atoms with van der Waals surface area (Å²) in [4.78, 5) is 1.70. The van der Waals surface area contributed by atoms with E-state index in [-0.39, 0.29) is 22.7 Å². The Balaban J connectivity index is 2.50. The van der Waals surface area contributed by atoms with Crippen molar-refractivity contribution >= 4 is 0 Å². The van der Waals surface area contributed by atoms with Crippen LogP contribution in [0.4, 0.5) is 0 Å². The van der Waals surface area contributed by atoms with Gasteiger partial charge in [0, 0.05) is 12.6 Å². The largest absolute Gasteiger partial charge is 0.376 e. The molecule has 1 aromatic rings. The molecule has 1 atom stereocenters. The Kier molecular flexibility index (Phi) is 7.66. The summed E-state index contributed by atoms with van der Waals surface area (Å²) in [5, 5.41) is 8.39. The molecule has 6 heteroatoms. The van der Waals surface area contributed by atoms with Gasteiger partial charge in [-0.05, 0) is 64.5 Å². The van der Waals surface area contributed by atoms with Gasteiger partial charge in [-0.2, -0.15) is 4.79 Å². The SMILES string of the molecule is CC(C)C(C)(C)C(C)Nn1cc(COC(C)(C)CCOC(C)(C)C)nn1. The Bertz CT molecular complexity index is 544. The third-order valence-electron chi connectivity index (χ3n) is 5.32. The summed E-state index contributed by atoms with van der Waals surface area (Å²) >= 11 is 0. The standard InChI is InChI=1S/C20H40N4O2/c1-15(2)20(9,10)16(3)22-24-13-17(21-23-24)14-26-19(7,8)11-12-25-18(4,5)6/h13,15-16,22H,11-12,14H2,1-10H3. The summed E-state index contributed by atoms with van der Waals surface area (Å²) < 4.78 is 11.8. The summed E-state index contributed by atoms with van der Waals surface area (Å²) in [6.07, 6.45) is 2.73. The molecule has 0 saturated carbocycles. The normalized spacial score (nSPS) is 14.7. The van der Waals surface area contributed by atoms with Gasteiger partial charge in [-0.15, -0.1) is 5.10 Å². The Morgan fingerprint density at radius 1 is 1.04 bits per heavy atom. The zero-order chi connectivity index (χ0) is 20.2. The molecular weight excluding hydrogens is 328 g/mol. The Morgan fingerprint density at radius 2 is 1.65 bits per heavy atom. The molecule has 0 aliphatic heterocycles. The first-order valence-corrected chi connectivity index (χ1v) is 9.68. The van der Waals surface area contributed by atoms with Crippen LogP contribution in [-0.2, 0) is 16.1 Å².